The SMILES string of the molecule is CC(N[C@H](C)C1CCCCCC1)c1cscn1. The molecule has 2 atom stereocenters. The predicted octanol–water partition coefficient (Wildman–Crippen LogP) is 4.15. The Kier molecular flexibility index (Phi) is 4.99. The van der Waals surface area contributed by atoms with Crippen molar-refractivity contribution in [3.8, 4) is 0 Å². The molecule has 1 aromatic heterocycles. The number of nitrogens with one attached hydrogen (secondary N) is 1. The number of thiazole rings is 1. The van der Waals surface area contributed by atoms with Crippen LogP contribution in [0, 0.1) is 5.92 Å². The fourth-order valence-corrected chi connectivity index (χ4v) is 3.51. The molecule has 1 aliphatic carbocycles. The van der Waals surface area contributed by atoms with Crippen LogP contribution in [-0.4, -0.2) is 11.0 Å². The van der Waals surface area contributed by atoms with E-state index in [4.69, 9.17) is 0 Å². The molecule has 0 aromatic carbocycles. The van der Waals surface area contributed by atoms with Crippen molar-refractivity contribution < 1.29 is 0 Å². The van der Waals surface area contributed by atoms with Crippen molar-refractivity contribution in [3.63, 3.8) is 0 Å². The van der Waals surface area contributed by atoms with E-state index in [1.165, 1.54) is 44.2 Å². The van der Waals surface area contributed by atoms with E-state index in [1.807, 2.05) is 5.51 Å². The van der Waals surface area contributed by atoms with Crippen LogP contribution in [0.4, 0.5) is 0 Å². The van der Waals surface area contributed by atoms with E-state index in [0.717, 1.165) is 5.92 Å². The van der Waals surface area contributed by atoms with Crippen molar-refractivity contribution in [2.24, 2.45) is 5.92 Å². The molecule has 0 saturated heterocycles. The molecule has 3 heteroatoms. The Hall–Kier alpha value is -0.410. The van der Waals surface area contributed by atoms with Crippen LogP contribution in [-0.2, 0) is 0 Å². The van der Waals surface area contributed by atoms with Gasteiger partial charge in [-0.2, -0.15) is 0 Å². The van der Waals surface area contributed by atoms with Gasteiger partial charge in [-0.15, -0.1) is 11.3 Å². The average molecular weight is 252 g/mol. The normalized spacial score (nSPS) is 22.0. The van der Waals surface area contributed by atoms with E-state index in [9.17, 15) is 0 Å². The van der Waals surface area contributed by atoms with Crippen LogP contribution in [0.15, 0.2) is 10.9 Å². The first kappa shape index (κ1) is 13.0. The lowest BCUT2D eigenvalue weighted by Gasteiger charge is -2.26. The molecule has 1 saturated carbocycles. The third-order valence-electron chi connectivity index (χ3n) is 4.01. The molecule has 1 N–H and O–H groups in total. The number of aromatic nitrogens is 1. The van der Waals surface area contributed by atoms with Gasteiger partial charge in [0.2, 0.25) is 0 Å². The predicted molar refractivity (Wildman–Crippen MR) is 74.3 cm³/mol. The van der Waals surface area contributed by atoms with Gasteiger partial charge in [-0.25, -0.2) is 4.98 Å². The molecule has 2 rings (SSSR count). The Labute approximate surface area is 109 Å². The Bertz CT molecular complexity index is 302. The van der Waals surface area contributed by atoms with Gasteiger partial charge in [0.05, 0.1) is 11.2 Å². The molecule has 96 valence electrons. The minimum absolute atomic E-state index is 0.388. The maximum Gasteiger partial charge on any atom is 0.0795 e. The molecule has 0 aliphatic heterocycles. The van der Waals surface area contributed by atoms with E-state index in [2.05, 4.69) is 29.5 Å². The summed E-state index contributed by atoms with van der Waals surface area (Å²) < 4.78 is 0. The van der Waals surface area contributed by atoms with Gasteiger partial charge in [0.1, 0.15) is 0 Å². The van der Waals surface area contributed by atoms with Gasteiger partial charge >= 0.3 is 0 Å². The van der Waals surface area contributed by atoms with E-state index in [1.54, 1.807) is 11.3 Å². The van der Waals surface area contributed by atoms with Crippen LogP contribution in [0.1, 0.15) is 64.1 Å². The topological polar surface area (TPSA) is 24.9 Å². The van der Waals surface area contributed by atoms with Crippen LogP contribution in [0.5, 0.6) is 0 Å². The zero-order chi connectivity index (χ0) is 12.1. The van der Waals surface area contributed by atoms with Crippen LogP contribution >= 0.6 is 11.3 Å². The lowest BCUT2D eigenvalue weighted by molar-refractivity contribution is 0.315. The molecule has 0 radical (unpaired) electrons. The van der Waals surface area contributed by atoms with Crippen molar-refractivity contribution in [2.75, 3.05) is 0 Å². The zero-order valence-electron chi connectivity index (χ0n) is 11.0. The Morgan fingerprint density at radius 3 is 2.53 bits per heavy atom. The number of hydrogen-bond acceptors (Lipinski definition) is 3. The monoisotopic (exact) mass is 252 g/mol. The standard InChI is InChI=1S/C14H24N2S/c1-11(13-7-5-3-4-6-8-13)16-12(2)14-9-17-10-15-14/h9-13,16H,3-8H2,1-2H3/t11-,12?/m1/s1. The zero-order valence-corrected chi connectivity index (χ0v) is 11.8. The highest BCUT2D eigenvalue weighted by Gasteiger charge is 2.21. The van der Waals surface area contributed by atoms with Crippen molar-refractivity contribution in [3.05, 3.63) is 16.6 Å². The van der Waals surface area contributed by atoms with E-state index >= 15 is 0 Å². The summed E-state index contributed by atoms with van der Waals surface area (Å²) in [6, 6.07) is 1.00. The van der Waals surface area contributed by atoms with Crippen molar-refractivity contribution in [2.45, 2.75) is 64.5 Å². The van der Waals surface area contributed by atoms with Gasteiger partial charge in [-0.1, -0.05) is 25.7 Å². The fraction of sp³-hybridized carbons (Fsp3) is 0.786. The second kappa shape index (κ2) is 6.50. The summed E-state index contributed by atoms with van der Waals surface area (Å²) >= 11 is 1.68. The van der Waals surface area contributed by atoms with Gasteiger partial charge in [0.25, 0.3) is 0 Å². The maximum atomic E-state index is 4.39. The van der Waals surface area contributed by atoms with E-state index in [-0.39, 0.29) is 0 Å². The van der Waals surface area contributed by atoms with Gasteiger partial charge in [0.15, 0.2) is 0 Å². The maximum absolute atomic E-state index is 4.39. The summed E-state index contributed by atoms with van der Waals surface area (Å²) in [7, 11) is 0. The molecule has 1 aromatic rings. The molecule has 0 amide bonds. The third kappa shape index (κ3) is 3.78. The van der Waals surface area contributed by atoms with Gasteiger partial charge in [-0.05, 0) is 32.6 Å². The smallest absolute Gasteiger partial charge is 0.0795 e. The highest BCUT2D eigenvalue weighted by Crippen LogP contribution is 2.26. The van der Waals surface area contributed by atoms with E-state index < -0.39 is 0 Å². The first-order valence-corrected chi connectivity index (χ1v) is 7.86. The summed E-state index contributed by atoms with van der Waals surface area (Å²) in [5, 5.41) is 5.87. The van der Waals surface area contributed by atoms with Gasteiger partial charge < -0.3 is 5.32 Å². The lowest BCUT2D eigenvalue weighted by Crippen LogP contribution is -2.35. The molecule has 17 heavy (non-hydrogen) atoms. The molecule has 1 fully saturated rings. The average Bonchev–Trinajstić information content (AvgIpc) is 2.71. The number of rotatable bonds is 4. The second-order valence-corrected chi connectivity index (χ2v) is 6.06. The van der Waals surface area contributed by atoms with E-state index in [0.29, 0.717) is 12.1 Å². The van der Waals surface area contributed by atoms with Gasteiger partial charge in [-0.3, -0.25) is 0 Å². The van der Waals surface area contributed by atoms with Gasteiger partial charge in [0, 0.05) is 17.5 Å². The summed E-state index contributed by atoms with van der Waals surface area (Å²) in [6.07, 6.45) is 8.51. The number of nitrogens with zero attached hydrogens (tertiary/aromatic N) is 1. The second-order valence-electron chi connectivity index (χ2n) is 5.34. The molecular weight excluding hydrogens is 228 g/mol. The highest BCUT2D eigenvalue weighted by molar-refractivity contribution is 7.07. The van der Waals surface area contributed by atoms with Crippen LogP contribution in [0.3, 0.4) is 0 Å². The van der Waals surface area contributed by atoms with Crippen LogP contribution in [0.25, 0.3) is 0 Å². The fourth-order valence-electron chi connectivity index (χ4n) is 2.86. The van der Waals surface area contributed by atoms with Crippen LogP contribution < -0.4 is 5.32 Å². The minimum Gasteiger partial charge on any atom is -0.306 e. The van der Waals surface area contributed by atoms with Crippen molar-refractivity contribution in [1.29, 1.82) is 0 Å². The molecule has 2 nitrogen and oxygen atoms in total. The lowest BCUT2D eigenvalue weighted by atomic mass is 9.92. The molecule has 1 unspecified atom stereocenters. The molecule has 0 bridgehead atoms. The Morgan fingerprint density at radius 1 is 1.24 bits per heavy atom. The summed E-state index contributed by atoms with van der Waals surface area (Å²) in [5.74, 6) is 0.860. The molecule has 0 spiro atoms. The molecular formula is C14H24N2S. The third-order valence-corrected chi connectivity index (χ3v) is 4.62. The first-order chi connectivity index (χ1) is 8.27. The molecule has 1 aliphatic rings. The quantitative estimate of drug-likeness (QED) is 0.814. The highest BCUT2D eigenvalue weighted by atomic mass is 32.1. The van der Waals surface area contributed by atoms with Crippen LogP contribution in [0.2, 0.25) is 0 Å². The van der Waals surface area contributed by atoms with Crippen molar-refractivity contribution in [1.82, 2.24) is 10.3 Å². The minimum atomic E-state index is 0.388. The Balaban J connectivity index is 1.85. The summed E-state index contributed by atoms with van der Waals surface area (Å²) in [6.45, 7) is 4.57. The largest absolute Gasteiger partial charge is 0.306 e. The summed E-state index contributed by atoms with van der Waals surface area (Å²) in [4.78, 5) is 4.39. The van der Waals surface area contributed by atoms with Crippen molar-refractivity contribution >= 4 is 11.3 Å². The Morgan fingerprint density at radius 2 is 1.94 bits per heavy atom. The summed E-state index contributed by atoms with van der Waals surface area (Å²) in [5.41, 5.74) is 3.11. The molecule has 1 heterocycles. The first-order valence-electron chi connectivity index (χ1n) is 6.91. The number of hydrogen-bond donors (Lipinski definition) is 1.